The summed E-state index contributed by atoms with van der Waals surface area (Å²) in [7, 11) is 1.87. The molecule has 0 saturated heterocycles. The molecule has 6 heteroatoms. The molecule has 0 saturated carbocycles. The summed E-state index contributed by atoms with van der Waals surface area (Å²) in [5.41, 5.74) is 0.828. The summed E-state index contributed by atoms with van der Waals surface area (Å²) in [6.45, 7) is 0. The molecule has 0 aromatic carbocycles. The number of hydrogen-bond donors (Lipinski definition) is 0. The Morgan fingerprint density at radius 1 is 1.57 bits per heavy atom. The maximum atomic E-state index is 5.56. The third-order valence-corrected chi connectivity index (χ3v) is 2.01. The van der Waals surface area contributed by atoms with Crippen molar-refractivity contribution in [2.45, 2.75) is 6.42 Å². The van der Waals surface area contributed by atoms with Gasteiger partial charge in [0.1, 0.15) is 5.69 Å². The molecular weight excluding hydrogens is 204 g/mol. The van der Waals surface area contributed by atoms with E-state index < -0.39 is 0 Å². The molecule has 2 heterocycles. The summed E-state index contributed by atoms with van der Waals surface area (Å²) in [6, 6.07) is 0. The largest absolute Gasteiger partial charge is 0.339 e. The standard InChI is InChI=1S/C8H9ClN4O/c1-13-5-10-4-6(13)8-11-7(2-3-9)14-12-8/h4-5H,2-3H2,1H3. The molecule has 0 bridgehead atoms. The van der Waals surface area contributed by atoms with Crippen LogP contribution in [0.25, 0.3) is 11.5 Å². The minimum atomic E-state index is 0.479. The van der Waals surface area contributed by atoms with E-state index >= 15 is 0 Å². The van der Waals surface area contributed by atoms with Crippen molar-refractivity contribution in [3.05, 3.63) is 18.4 Å². The average molecular weight is 213 g/mol. The Labute approximate surface area is 85.7 Å². The average Bonchev–Trinajstić information content (AvgIpc) is 2.74. The smallest absolute Gasteiger partial charge is 0.228 e. The SMILES string of the molecule is Cn1cncc1-c1noc(CCCl)n1. The number of nitrogens with zero attached hydrogens (tertiary/aromatic N) is 4. The van der Waals surface area contributed by atoms with Crippen LogP contribution in [0.15, 0.2) is 17.0 Å². The highest BCUT2D eigenvalue weighted by Crippen LogP contribution is 2.13. The Kier molecular flexibility index (Phi) is 2.49. The van der Waals surface area contributed by atoms with Crippen LogP contribution in [0.3, 0.4) is 0 Å². The van der Waals surface area contributed by atoms with Gasteiger partial charge in [0.15, 0.2) is 0 Å². The van der Waals surface area contributed by atoms with Crippen LogP contribution in [0, 0.1) is 0 Å². The van der Waals surface area contributed by atoms with Crippen molar-refractivity contribution in [1.82, 2.24) is 19.7 Å². The molecule has 0 fully saturated rings. The summed E-state index contributed by atoms with van der Waals surface area (Å²) >= 11 is 5.56. The number of alkyl halides is 1. The second-order valence-corrected chi connectivity index (χ2v) is 3.22. The van der Waals surface area contributed by atoms with E-state index in [1.54, 1.807) is 12.5 Å². The monoisotopic (exact) mass is 212 g/mol. The van der Waals surface area contributed by atoms with Crippen molar-refractivity contribution < 1.29 is 4.52 Å². The van der Waals surface area contributed by atoms with Gasteiger partial charge in [-0.2, -0.15) is 4.98 Å². The van der Waals surface area contributed by atoms with Gasteiger partial charge < -0.3 is 9.09 Å². The summed E-state index contributed by atoms with van der Waals surface area (Å²) in [5.74, 6) is 1.58. The summed E-state index contributed by atoms with van der Waals surface area (Å²) in [6.07, 6.45) is 3.97. The zero-order valence-electron chi connectivity index (χ0n) is 7.64. The first-order valence-electron chi connectivity index (χ1n) is 4.16. The van der Waals surface area contributed by atoms with Crippen molar-refractivity contribution in [2.75, 3.05) is 5.88 Å². The number of aryl methyl sites for hydroxylation is 2. The zero-order chi connectivity index (χ0) is 9.97. The number of halogens is 1. The van der Waals surface area contributed by atoms with E-state index in [9.17, 15) is 0 Å². The van der Waals surface area contributed by atoms with Crippen LogP contribution in [0.4, 0.5) is 0 Å². The van der Waals surface area contributed by atoms with Crippen LogP contribution in [0.5, 0.6) is 0 Å². The lowest BCUT2D eigenvalue weighted by atomic mass is 10.4. The van der Waals surface area contributed by atoms with E-state index in [1.807, 2.05) is 11.6 Å². The lowest BCUT2D eigenvalue weighted by Gasteiger charge is -1.92. The third kappa shape index (κ3) is 1.63. The molecule has 2 aromatic rings. The van der Waals surface area contributed by atoms with E-state index in [2.05, 4.69) is 15.1 Å². The number of aromatic nitrogens is 4. The molecule has 5 nitrogen and oxygen atoms in total. The van der Waals surface area contributed by atoms with Gasteiger partial charge in [-0.1, -0.05) is 5.16 Å². The Bertz CT molecular complexity index is 422. The molecule has 14 heavy (non-hydrogen) atoms. The van der Waals surface area contributed by atoms with Gasteiger partial charge in [0, 0.05) is 19.3 Å². The van der Waals surface area contributed by atoms with Gasteiger partial charge in [0.25, 0.3) is 0 Å². The van der Waals surface area contributed by atoms with Crippen molar-refractivity contribution in [2.24, 2.45) is 7.05 Å². The fourth-order valence-electron chi connectivity index (χ4n) is 1.11. The van der Waals surface area contributed by atoms with Crippen LogP contribution in [-0.4, -0.2) is 25.6 Å². The minimum absolute atomic E-state index is 0.479. The molecule has 0 N–H and O–H groups in total. The summed E-state index contributed by atoms with van der Waals surface area (Å²) in [5, 5.41) is 3.83. The van der Waals surface area contributed by atoms with Gasteiger partial charge in [0.05, 0.1) is 12.5 Å². The topological polar surface area (TPSA) is 56.7 Å². The molecule has 2 aromatic heterocycles. The number of rotatable bonds is 3. The Hall–Kier alpha value is -1.36. The first-order chi connectivity index (χ1) is 6.81. The molecule has 0 radical (unpaired) electrons. The number of hydrogen-bond acceptors (Lipinski definition) is 4. The normalized spacial score (nSPS) is 10.7. The fourth-order valence-corrected chi connectivity index (χ4v) is 1.28. The Balaban J connectivity index is 2.29. The van der Waals surface area contributed by atoms with Crippen LogP contribution in [-0.2, 0) is 13.5 Å². The van der Waals surface area contributed by atoms with Crippen LogP contribution < -0.4 is 0 Å². The predicted molar refractivity (Wildman–Crippen MR) is 50.9 cm³/mol. The molecule has 0 aliphatic carbocycles. The van der Waals surface area contributed by atoms with E-state index in [0.717, 1.165) is 5.69 Å². The first kappa shape index (κ1) is 9.21. The maximum absolute atomic E-state index is 5.56. The lowest BCUT2D eigenvalue weighted by molar-refractivity contribution is 0.383. The molecule has 0 atom stereocenters. The van der Waals surface area contributed by atoms with E-state index in [1.165, 1.54) is 0 Å². The summed E-state index contributed by atoms with van der Waals surface area (Å²) < 4.78 is 6.83. The van der Waals surface area contributed by atoms with E-state index in [4.69, 9.17) is 16.1 Å². The van der Waals surface area contributed by atoms with Crippen LogP contribution >= 0.6 is 11.6 Å². The first-order valence-corrected chi connectivity index (χ1v) is 4.70. The second kappa shape index (κ2) is 3.79. The highest BCUT2D eigenvalue weighted by Gasteiger charge is 2.10. The molecule has 0 unspecified atom stereocenters. The molecule has 74 valence electrons. The van der Waals surface area contributed by atoms with Crippen molar-refractivity contribution in [1.29, 1.82) is 0 Å². The molecule has 2 rings (SSSR count). The maximum Gasteiger partial charge on any atom is 0.228 e. The molecule has 0 amide bonds. The van der Waals surface area contributed by atoms with Gasteiger partial charge in [-0.15, -0.1) is 11.6 Å². The molecule has 0 aliphatic heterocycles. The van der Waals surface area contributed by atoms with E-state index in [-0.39, 0.29) is 0 Å². The van der Waals surface area contributed by atoms with Gasteiger partial charge in [-0.25, -0.2) is 4.98 Å². The summed E-state index contributed by atoms with van der Waals surface area (Å²) in [4.78, 5) is 8.15. The highest BCUT2D eigenvalue weighted by molar-refractivity contribution is 6.17. The van der Waals surface area contributed by atoms with Crippen LogP contribution in [0.2, 0.25) is 0 Å². The Morgan fingerprint density at radius 2 is 2.43 bits per heavy atom. The van der Waals surface area contributed by atoms with Crippen molar-refractivity contribution >= 4 is 11.6 Å². The third-order valence-electron chi connectivity index (χ3n) is 1.82. The zero-order valence-corrected chi connectivity index (χ0v) is 8.40. The second-order valence-electron chi connectivity index (χ2n) is 2.84. The molecular formula is C8H9ClN4O. The lowest BCUT2D eigenvalue weighted by Crippen LogP contribution is -1.91. The van der Waals surface area contributed by atoms with E-state index in [0.29, 0.717) is 24.0 Å². The number of imidazole rings is 1. The van der Waals surface area contributed by atoms with Gasteiger partial charge in [0.2, 0.25) is 11.7 Å². The van der Waals surface area contributed by atoms with Crippen molar-refractivity contribution in [3.63, 3.8) is 0 Å². The van der Waals surface area contributed by atoms with Crippen LogP contribution in [0.1, 0.15) is 5.89 Å². The quantitative estimate of drug-likeness (QED) is 0.719. The van der Waals surface area contributed by atoms with Gasteiger partial charge in [-0.3, -0.25) is 0 Å². The molecule has 0 spiro atoms. The van der Waals surface area contributed by atoms with Gasteiger partial charge >= 0.3 is 0 Å². The van der Waals surface area contributed by atoms with Crippen molar-refractivity contribution in [3.8, 4) is 11.5 Å². The highest BCUT2D eigenvalue weighted by atomic mass is 35.5. The predicted octanol–water partition coefficient (Wildman–Crippen LogP) is 1.25. The molecule has 0 aliphatic rings. The fraction of sp³-hybridized carbons (Fsp3) is 0.375. The van der Waals surface area contributed by atoms with Gasteiger partial charge in [-0.05, 0) is 0 Å². The minimum Gasteiger partial charge on any atom is -0.339 e. The Morgan fingerprint density at radius 3 is 3.07 bits per heavy atom.